The van der Waals surface area contributed by atoms with Crippen LogP contribution in [0.15, 0.2) is 36.4 Å². The van der Waals surface area contributed by atoms with Crippen LogP contribution in [-0.2, 0) is 6.54 Å². The third-order valence-electron chi connectivity index (χ3n) is 4.72. The number of hydrogen-bond acceptors (Lipinski definition) is 2. The highest BCUT2D eigenvalue weighted by Crippen LogP contribution is 2.42. The Bertz CT molecular complexity index is 700. The molecule has 2 aromatic rings. The molecule has 122 valence electrons. The highest BCUT2D eigenvalue weighted by atomic mass is 35.5. The summed E-state index contributed by atoms with van der Waals surface area (Å²) in [6.45, 7) is 0.890. The third kappa shape index (κ3) is 3.41. The van der Waals surface area contributed by atoms with Crippen LogP contribution in [0.25, 0.3) is 0 Å². The number of benzene rings is 2. The van der Waals surface area contributed by atoms with Crippen molar-refractivity contribution in [2.75, 3.05) is 14.1 Å². The van der Waals surface area contributed by atoms with E-state index in [2.05, 4.69) is 34.9 Å². The lowest BCUT2D eigenvalue weighted by Crippen LogP contribution is -2.24. The fourth-order valence-electron chi connectivity index (χ4n) is 3.58. The Morgan fingerprint density at radius 2 is 1.78 bits per heavy atom. The Labute approximate surface area is 148 Å². The van der Waals surface area contributed by atoms with Gasteiger partial charge >= 0.3 is 0 Å². The molecule has 0 aliphatic heterocycles. The van der Waals surface area contributed by atoms with Crippen molar-refractivity contribution >= 4 is 23.2 Å². The molecule has 2 atom stereocenters. The van der Waals surface area contributed by atoms with Crippen molar-refractivity contribution in [2.45, 2.75) is 31.3 Å². The number of hydrogen-bond donors (Lipinski definition) is 2. The van der Waals surface area contributed by atoms with Crippen LogP contribution in [0, 0.1) is 0 Å². The van der Waals surface area contributed by atoms with Gasteiger partial charge in [-0.05, 0) is 61.3 Å². The fraction of sp³-hybridized carbons (Fsp3) is 0.368. The minimum absolute atomic E-state index is 0.382. The van der Waals surface area contributed by atoms with Crippen LogP contribution >= 0.6 is 23.2 Å². The molecule has 4 heteroatoms. The molecule has 1 aliphatic carbocycles. The van der Waals surface area contributed by atoms with Crippen molar-refractivity contribution in [3.63, 3.8) is 0 Å². The molecule has 0 saturated carbocycles. The molecule has 0 aromatic heterocycles. The van der Waals surface area contributed by atoms with Gasteiger partial charge in [-0.15, -0.1) is 0 Å². The van der Waals surface area contributed by atoms with Gasteiger partial charge in [0.1, 0.15) is 0 Å². The van der Waals surface area contributed by atoms with E-state index in [1.807, 2.05) is 26.2 Å². The normalized spacial score (nSPS) is 20.3. The van der Waals surface area contributed by atoms with Gasteiger partial charge in [-0.3, -0.25) is 0 Å². The van der Waals surface area contributed by atoms with E-state index in [9.17, 15) is 0 Å². The van der Waals surface area contributed by atoms with E-state index in [-0.39, 0.29) is 0 Å². The molecule has 0 fully saturated rings. The Balaban J connectivity index is 2.03. The second-order valence-electron chi connectivity index (χ2n) is 6.14. The largest absolute Gasteiger partial charge is 0.316 e. The minimum Gasteiger partial charge on any atom is -0.316 e. The van der Waals surface area contributed by atoms with Crippen LogP contribution in [0.4, 0.5) is 0 Å². The zero-order valence-corrected chi connectivity index (χ0v) is 15.0. The molecule has 0 radical (unpaired) electrons. The molecule has 0 heterocycles. The topological polar surface area (TPSA) is 24.1 Å². The first-order chi connectivity index (χ1) is 11.1. The van der Waals surface area contributed by atoms with Crippen molar-refractivity contribution in [1.29, 1.82) is 0 Å². The van der Waals surface area contributed by atoms with Gasteiger partial charge in [0.15, 0.2) is 0 Å². The molecule has 0 amide bonds. The van der Waals surface area contributed by atoms with Crippen molar-refractivity contribution in [3.8, 4) is 0 Å². The molecule has 2 N–H and O–H groups in total. The second kappa shape index (κ2) is 7.23. The summed E-state index contributed by atoms with van der Waals surface area (Å²) in [7, 11) is 4.02. The van der Waals surface area contributed by atoms with E-state index in [1.54, 1.807) is 0 Å². The van der Waals surface area contributed by atoms with E-state index in [0.717, 1.165) is 19.4 Å². The lowest BCUT2D eigenvalue weighted by molar-refractivity contribution is 0.470. The molecule has 0 bridgehead atoms. The van der Waals surface area contributed by atoms with Crippen molar-refractivity contribution < 1.29 is 0 Å². The average Bonchev–Trinajstić information content (AvgIpc) is 2.56. The van der Waals surface area contributed by atoms with Crippen molar-refractivity contribution in [1.82, 2.24) is 10.6 Å². The van der Waals surface area contributed by atoms with Crippen molar-refractivity contribution in [2.24, 2.45) is 0 Å². The van der Waals surface area contributed by atoms with Gasteiger partial charge in [0.05, 0.1) is 10.0 Å². The molecule has 23 heavy (non-hydrogen) atoms. The van der Waals surface area contributed by atoms with Gasteiger partial charge in [-0.2, -0.15) is 0 Å². The predicted molar refractivity (Wildman–Crippen MR) is 98.5 cm³/mol. The molecule has 0 spiro atoms. The molecule has 1 aliphatic rings. The standard InChI is InChI=1S/C19H22Cl2N2/c1-22-11-12-3-5-15-14(6-8-19(23-2)16(15)9-12)13-4-7-17(20)18(21)10-13/h3-5,7,9-10,14,19,22-23H,6,8,11H2,1-2H3/t14-,19-/m0/s1. The first-order valence-corrected chi connectivity index (χ1v) is 8.79. The average molecular weight is 349 g/mol. The maximum absolute atomic E-state index is 6.23. The summed E-state index contributed by atoms with van der Waals surface area (Å²) in [5.74, 6) is 0.382. The Hall–Kier alpha value is -1.06. The summed E-state index contributed by atoms with van der Waals surface area (Å²) in [4.78, 5) is 0. The van der Waals surface area contributed by atoms with Gasteiger partial charge in [0.2, 0.25) is 0 Å². The maximum Gasteiger partial charge on any atom is 0.0595 e. The lowest BCUT2D eigenvalue weighted by atomic mass is 9.76. The summed E-state index contributed by atoms with van der Waals surface area (Å²) in [6, 6.07) is 13.3. The van der Waals surface area contributed by atoms with E-state index >= 15 is 0 Å². The second-order valence-corrected chi connectivity index (χ2v) is 6.95. The van der Waals surface area contributed by atoms with Gasteiger partial charge in [0.25, 0.3) is 0 Å². The number of rotatable bonds is 4. The van der Waals surface area contributed by atoms with Gasteiger partial charge in [0, 0.05) is 18.5 Å². The van der Waals surface area contributed by atoms with Crippen LogP contribution < -0.4 is 10.6 Å². The summed E-state index contributed by atoms with van der Waals surface area (Å²) < 4.78 is 0. The van der Waals surface area contributed by atoms with Crippen LogP contribution in [0.3, 0.4) is 0 Å². The first-order valence-electron chi connectivity index (χ1n) is 8.03. The summed E-state index contributed by atoms with van der Waals surface area (Å²) in [6.07, 6.45) is 2.24. The zero-order valence-electron chi connectivity index (χ0n) is 13.5. The van der Waals surface area contributed by atoms with Crippen LogP contribution in [0.5, 0.6) is 0 Å². The number of nitrogens with one attached hydrogen (secondary N) is 2. The quantitative estimate of drug-likeness (QED) is 0.820. The molecule has 0 unspecified atom stereocenters. The predicted octanol–water partition coefficient (Wildman–Crippen LogP) is 4.90. The zero-order chi connectivity index (χ0) is 16.4. The first kappa shape index (κ1) is 16.8. The maximum atomic E-state index is 6.23. The molecular weight excluding hydrogens is 327 g/mol. The fourth-order valence-corrected chi connectivity index (χ4v) is 3.88. The van der Waals surface area contributed by atoms with Crippen LogP contribution in [-0.4, -0.2) is 14.1 Å². The van der Waals surface area contributed by atoms with Gasteiger partial charge in [-0.1, -0.05) is 47.5 Å². The van der Waals surface area contributed by atoms with E-state index < -0.39 is 0 Å². The van der Waals surface area contributed by atoms with E-state index in [1.165, 1.54) is 22.3 Å². The Morgan fingerprint density at radius 1 is 0.957 bits per heavy atom. The van der Waals surface area contributed by atoms with E-state index in [0.29, 0.717) is 22.0 Å². The third-order valence-corrected chi connectivity index (χ3v) is 5.46. The molecule has 0 saturated heterocycles. The Morgan fingerprint density at radius 3 is 2.48 bits per heavy atom. The SMILES string of the molecule is CNCc1ccc2c(c1)[C@@H](NC)CC[C@H]2c1ccc(Cl)c(Cl)c1. The minimum atomic E-state index is 0.382. The smallest absolute Gasteiger partial charge is 0.0595 e. The van der Waals surface area contributed by atoms with Crippen LogP contribution in [0.2, 0.25) is 10.0 Å². The molecule has 2 aromatic carbocycles. The summed E-state index contributed by atoms with van der Waals surface area (Å²) in [5.41, 5.74) is 5.37. The molecular formula is C19H22Cl2N2. The van der Waals surface area contributed by atoms with Crippen LogP contribution in [0.1, 0.15) is 47.1 Å². The van der Waals surface area contributed by atoms with Crippen molar-refractivity contribution in [3.05, 3.63) is 68.7 Å². The highest BCUT2D eigenvalue weighted by molar-refractivity contribution is 6.42. The highest BCUT2D eigenvalue weighted by Gasteiger charge is 2.27. The van der Waals surface area contributed by atoms with Gasteiger partial charge in [-0.25, -0.2) is 0 Å². The Kier molecular flexibility index (Phi) is 5.27. The number of halogens is 2. The molecule has 3 rings (SSSR count). The molecule has 2 nitrogen and oxygen atoms in total. The monoisotopic (exact) mass is 348 g/mol. The number of fused-ring (bicyclic) bond motifs is 1. The summed E-state index contributed by atoms with van der Waals surface area (Å²) in [5, 5.41) is 7.93. The lowest BCUT2D eigenvalue weighted by Gasteiger charge is -2.32. The van der Waals surface area contributed by atoms with E-state index in [4.69, 9.17) is 23.2 Å². The van der Waals surface area contributed by atoms with Gasteiger partial charge < -0.3 is 10.6 Å². The summed E-state index contributed by atoms with van der Waals surface area (Å²) >= 11 is 12.3.